The van der Waals surface area contributed by atoms with Crippen LogP contribution in [0.4, 0.5) is 5.95 Å². The topological polar surface area (TPSA) is 29.9 Å². The van der Waals surface area contributed by atoms with Crippen LogP contribution in [0.2, 0.25) is 0 Å². The second-order valence-corrected chi connectivity index (χ2v) is 4.72. The third kappa shape index (κ3) is 2.19. The molecule has 1 heterocycles. The first kappa shape index (κ1) is 11.8. The average Bonchev–Trinajstić information content (AvgIpc) is 2.79. The first-order valence-electron chi connectivity index (χ1n) is 6.46. The summed E-state index contributed by atoms with van der Waals surface area (Å²) in [5.41, 5.74) is 2.34. The lowest BCUT2D eigenvalue weighted by Crippen LogP contribution is -2.04. The first-order chi connectivity index (χ1) is 9.28. The Morgan fingerprint density at radius 2 is 1.89 bits per heavy atom. The van der Waals surface area contributed by atoms with Crippen LogP contribution < -0.4 is 5.32 Å². The predicted octanol–water partition coefficient (Wildman–Crippen LogP) is 3.43. The number of rotatable bonds is 3. The van der Waals surface area contributed by atoms with E-state index in [9.17, 15) is 0 Å². The van der Waals surface area contributed by atoms with Crippen molar-refractivity contribution in [3.05, 3.63) is 59.9 Å². The van der Waals surface area contributed by atoms with Gasteiger partial charge in [-0.3, -0.25) is 0 Å². The third-order valence-electron chi connectivity index (χ3n) is 3.34. The van der Waals surface area contributed by atoms with Gasteiger partial charge in [-0.1, -0.05) is 42.5 Å². The monoisotopic (exact) mass is 251 g/mol. The lowest BCUT2D eigenvalue weighted by molar-refractivity contribution is 0.810. The van der Waals surface area contributed by atoms with Crippen LogP contribution in [0.3, 0.4) is 0 Å². The normalized spacial score (nSPS) is 10.8. The molecule has 0 amide bonds. The Bertz CT molecular complexity index is 708. The van der Waals surface area contributed by atoms with E-state index in [4.69, 9.17) is 0 Å². The quantitative estimate of drug-likeness (QED) is 0.773. The maximum atomic E-state index is 4.46. The van der Waals surface area contributed by atoms with E-state index in [1.54, 1.807) is 0 Å². The fourth-order valence-corrected chi connectivity index (χ4v) is 2.48. The predicted molar refractivity (Wildman–Crippen MR) is 79.6 cm³/mol. The molecule has 3 aromatic rings. The second-order valence-electron chi connectivity index (χ2n) is 4.72. The van der Waals surface area contributed by atoms with Gasteiger partial charge in [-0.2, -0.15) is 0 Å². The number of nitrogens with one attached hydrogen (secondary N) is 1. The first-order valence-corrected chi connectivity index (χ1v) is 6.46. The number of aryl methyl sites for hydroxylation is 1. The summed E-state index contributed by atoms with van der Waals surface area (Å²) < 4.78 is 2.15. The molecular weight excluding hydrogens is 234 g/mol. The van der Waals surface area contributed by atoms with Crippen molar-refractivity contribution in [3.8, 4) is 0 Å². The van der Waals surface area contributed by atoms with Crippen LogP contribution in [0.15, 0.2) is 48.7 Å². The largest absolute Gasteiger partial charge is 0.359 e. The van der Waals surface area contributed by atoms with Crippen molar-refractivity contribution in [2.75, 3.05) is 12.4 Å². The van der Waals surface area contributed by atoms with Crippen LogP contribution >= 0.6 is 0 Å². The van der Waals surface area contributed by atoms with Crippen LogP contribution in [0, 0.1) is 6.92 Å². The summed E-state index contributed by atoms with van der Waals surface area (Å²) in [6.07, 6.45) is 2.08. The molecule has 96 valence electrons. The molecule has 1 N–H and O–H groups in total. The van der Waals surface area contributed by atoms with Gasteiger partial charge in [-0.05, 0) is 23.3 Å². The zero-order valence-electron chi connectivity index (χ0n) is 11.2. The van der Waals surface area contributed by atoms with E-state index < -0.39 is 0 Å². The number of benzene rings is 2. The van der Waals surface area contributed by atoms with Crippen LogP contribution in [0.5, 0.6) is 0 Å². The molecule has 0 unspecified atom stereocenters. The third-order valence-corrected chi connectivity index (χ3v) is 3.34. The minimum atomic E-state index is 0.832. The summed E-state index contributed by atoms with van der Waals surface area (Å²) >= 11 is 0. The minimum Gasteiger partial charge on any atom is -0.359 e. The average molecular weight is 251 g/mol. The second kappa shape index (κ2) is 4.76. The molecule has 0 aliphatic heterocycles. The van der Waals surface area contributed by atoms with Gasteiger partial charge in [0.1, 0.15) is 0 Å². The van der Waals surface area contributed by atoms with Gasteiger partial charge in [0.25, 0.3) is 0 Å². The molecule has 3 nitrogen and oxygen atoms in total. The lowest BCUT2D eigenvalue weighted by Gasteiger charge is -2.10. The van der Waals surface area contributed by atoms with E-state index in [0.717, 1.165) is 18.2 Å². The molecule has 0 fully saturated rings. The van der Waals surface area contributed by atoms with Gasteiger partial charge in [0.15, 0.2) is 0 Å². The molecule has 2 aromatic carbocycles. The molecule has 0 radical (unpaired) electrons. The maximum Gasteiger partial charge on any atom is 0.203 e. The van der Waals surface area contributed by atoms with Crippen LogP contribution in [0.1, 0.15) is 11.3 Å². The summed E-state index contributed by atoms with van der Waals surface area (Å²) in [6.45, 7) is 2.85. The van der Waals surface area contributed by atoms with Gasteiger partial charge in [0, 0.05) is 13.2 Å². The Labute approximate surface area is 112 Å². The van der Waals surface area contributed by atoms with E-state index in [-0.39, 0.29) is 0 Å². The van der Waals surface area contributed by atoms with Gasteiger partial charge in [-0.15, -0.1) is 0 Å². The lowest BCUT2D eigenvalue weighted by atomic mass is 10.0. The fraction of sp³-hybridized carbons (Fsp3) is 0.188. The zero-order chi connectivity index (χ0) is 13.2. The van der Waals surface area contributed by atoms with Crippen molar-refractivity contribution in [2.24, 2.45) is 0 Å². The van der Waals surface area contributed by atoms with Gasteiger partial charge >= 0.3 is 0 Å². The van der Waals surface area contributed by atoms with Crippen molar-refractivity contribution in [2.45, 2.75) is 13.5 Å². The smallest absolute Gasteiger partial charge is 0.203 e. The standard InChI is InChI=1S/C16H17N3/c1-12-10-19(16(17-2)18-12)11-14-8-5-7-13-6-3-4-9-15(13)14/h3-10H,11H2,1-2H3,(H,17,18). The van der Waals surface area contributed by atoms with E-state index in [0.29, 0.717) is 0 Å². The summed E-state index contributed by atoms with van der Waals surface area (Å²) in [7, 11) is 1.90. The van der Waals surface area contributed by atoms with E-state index in [2.05, 4.69) is 63.5 Å². The van der Waals surface area contributed by atoms with Gasteiger partial charge in [0.05, 0.1) is 12.2 Å². The number of hydrogen-bond donors (Lipinski definition) is 1. The number of aromatic nitrogens is 2. The van der Waals surface area contributed by atoms with Crippen LogP contribution in [0.25, 0.3) is 10.8 Å². The molecule has 3 rings (SSSR count). The number of anilines is 1. The molecule has 1 aromatic heterocycles. The number of nitrogens with zero attached hydrogens (tertiary/aromatic N) is 2. The van der Waals surface area contributed by atoms with Gasteiger partial charge in [-0.25, -0.2) is 4.98 Å². The van der Waals surface area contributed by atoms with Gasteiger partial charge in [0.2, 0.25) is 5.95 Å². The molecule has 3 heteroatoms. The highest BCUT2D eigenvalue weighted by molar-refractivity contribution is 5.85. The summed E-state index contributed by atoms with van der Waals surface area (Å²) in [4.78, 5) is 4.46. The summed E-state index contributed by atoms with van der Waals surface area (Å²) in [6, 6.07) is 14.9. The van der Waals surface area contributed by atoms with Crippen LogP contribution in [-0.4, -0.2) is 16.6 Å². The van der Waals surface area contributed by atoms with Crippen molar-refractivity contribution in [1.29, 1.82) is 0 Å². The van der Waals surface area contributed by atoms with E-state index >= 15 is 0 Å². The highest BCUT2D eigenvalue weighted by atomic mass is 15.2. The molecule has 19 heavy (non-hydrogen) atoms. The van der Waals surface area contributed by atoms with E-state index in [1.165, 1.54) is 16.3 Å². The number of imidazole rings is 1. The SMILES string of the molecule is CNc1nc(C)cn1Cc1cccc2ccccc12. The molecule has 0 aliphatic rings. The minimum absolute atomic E-state index is 0.832. The van der Waals surface area contributed by atoms with Crippen molar-refractivity contribution in [1.82, 2.24) is 9.55 Å². The molecule has 0 saturated carbocycles. The molecule has 0 atom stereocenters. The molecule has 0 saturated heterocycles. The summed E-state index contributed by atoms with van der Waals surface area (Å²) in [5.74, 6) is 0.908. The Morgan fingerprint density at radius 3 is 2.74 bits per heavy atom. The Kier molecular flexibility index (Phi) is 2.95. The molecule has 0 spiro atoms. The molecule has 0 bridgehead atoms. The Morgan fingerprint density at radius 1 is 1.11 bits per heavy atom. The van der Waals surface area contributed by atoms with Crippen molar-refractivity contribution >= 4 is 16.7 Å². The van der Waals surface area contributed by atoms with E-state index in [1.807, 2.05) is 14.0 Å². The number of hydrogen-bond acceptors (Lipinski definition) is 2. The Hall–Kier alpha value is -2.29. The highest BCUT2D eigenvalue weighted by Crippen LogP contribution is 2.20. The molecular formula is C16H17N3. The Balaban J connectivity index is 2.05. The number of fused-ring (bicyclic) bond motifs is 1. The molecule has 0 aliphatic carbocycles. The fourth-order valence-electron chi connectivity index (χ4n) is 2.48. The van der Waals surface area contributed by atoms with Crippen molar-refractivity contribution in [3.63, 3.8) is 0 Å². The van der Waals surface area contributed by atoms with Crippen LogP contribution in [-0.2, 0) is 6.54 Å². The van der Waals surface area contributed by atoms with Crippen molar-refractivity contribution < 1.29 is 0 Å². The zero-order valence-corrected chi connectivity index (χ0v) is 11.2. The van der Waals surface area contributed by atoms with Gasteiger partial charge < -0.3 is 9.88 Å². The maximum absolute atomic E-state index is 4.46. The summed E-state index contributed by atoms with van der Waals surface area (Å²) in [5, 5.41) is 5.72. The highest BCUT2D eigenvalue weighted by Gasteiger charge is 2.06.